The van der Waals surface area contributed by atoms with Crippen LogP contribution in [0.1, 0.15) is 38.2 Å². The summed E-state index contributed by atoms with van der Waals surface area (Å²) in [7, 11) is -0.832. The molecular weight excluding hydrogens is 663 g/mol. The SMILES string of the molecule is COC(=O)NC(=N)c1ccc2cc(S(=O)(=O)N3CCN(C(=O)c4nc5c(s4)CN(C)CC5)C(CC(=O)NCc4nn[nH]n4)C3)ccc2c1. The molecule has 0 spiro atoms. The normalized spacial score (nSPS) is 17.1. The number of alkyl carbamates (subject to hydrolysis) is 1. The van der Waals surface area contributed by atoms with E-state index in [4.69, 9.17) is 5.41 Å². The molecule has 4 aromatic rings. The van der Waals surface area contributed by atoms with Crippen molar-refractivity contribution in [3.05, 3.63) is 63.4 Å². The molecule has 0 radical (unpaired) electrons. The zero-order valence-corrected chi connectivity index (χ0v) is 27.7. The summed E-state index contributed by atoms with van der Waals surface area (Å²) >= 11 is 1.34. The minimum atomic E-state index is -4.04. The molecule has 0 saturated carbocycles. The van der Waals surface area contributed by atoms with Crippen LogP contribution in [0.4, 0.5) is 4.79 Å². The predicted octanol–water partition coefficient (Wildman–Crippen LogP) is 0.700. The number of nitrogens with zero attached hydrogens (tertiary/aromatic N) is 7. The van der Waals surface area contributed by atoms with Gasteiger partial charge >= 0.3 is 6.09 Å². The van der Waals surface area contributed by atoms with E-state index in [9.17, 15) is 22.8 Å². The number of likely N-dealkylation sites (N-methyl/N-ethyl adjacent to an activating group) is 1. The molecule has 2 aliphatic rings. The molecule has 4 N–H and O–H groups in total. The van der Waals surface area contributed by atoms with E-state index in [0.717, 1.165) is 23.5 Å². The lowest BCUT2D eigenvalue weighted by molar-refractivity contribution is -0.122. The van der Waals surface area contributed by atoms with E-state index in [0.29, 0.717) is 27.9 Å². The number of hydrogen-bond donors (Lipinski definition) is 4. The molecule has 1 unspecified atom stereocenters. The zero-order valence-electron chi connectivity index (χ0n) is 26.1. The summed E-state index contributed by atoms with van der Waals surface area (Å²) in [5, 5.41) is 28.2. The Morgan fingerprint density at radius 1 is 1.12 bits per heavy atom. The Hall–Kier alpha value is -4.85. The average Bonchev–Trinajstić information content (AvgIpc) is 3.76. The number of tetrazole rings is 1. The summed E-state index contributed by atoms with van der Waals surface area (Å²) < 4.78 is 33.8. The zero-order chi connectivity index (χ0) is 34.0. The number of methoxy groups -OCH3 is 1. The van der Waals surface area contributed by atoms with Gasteiger partial charge in [-0.05, 0) is 36.0 Å². The molecule has 19 heteroatoms. The largest absolute Gasteiger partial charge is 0.453 e. The van der Waals surface area contributed by atoms with Crippen molar-refractivity contribution < 1.29 is 27.5 Å². The molecule has 3 amide bonds. The number of nitrogens with one attached hydrogen (secondary N) is 4. The summed E-state index contributed by atoms with van der Waals surface area (Å²) in [6, 6.07) is 8.78. The lowest BCUT2D eigenvalue weighted by Gasteiger charge is -2.40. The minimum Gasteiger partial charge on any atom is -0.453 e. The van der Waals surface area contributed by atoms with Crippen LogP contribution >= 0.6 is 11.3 Å². The molecule has 0 aliphatic carbocycles. The number of amidine groups is 1. The number of carbonyl (C=O) groups excluding carboxylic acids is 3. The van der Waals surface area contributed by atoms with Crippen molar-refractivity contribution in [2.24, 2.45) is 0 Å². The molecule has 2 aromatic carbocycles. The standard InChI is InChI=1S/C29H33N11O6S2/c1-38-8-7-22-23(16-38)47-27(32-22)28(42)40-10-9-39(15-20(40)13-25(41)31-14-24-34-36-37-35-24)48(44,45)21-6-5-17-11-19(4-3-18(17)12-21)26(30)33-29(43)46-2/h3-6,11-12,20H,7-10,13-16H2,1-2H3,(H,31,41)(H2,30,33,43)(H,34,35,36,37). The highest BCUT2D eigenvalue weighted by Gasteiger charge is 2.39. The lowest BCUT2D eigenvalue weighted by Crippen LogP contribution is -2.57. The van der Waals surface area contributed by atoms with Crippen LogP contribution < -0.4 is 10.6 Å². The fourth-order valence-corrected chi connectivity index (χ4v) is 8.31. The van der Waals surface area contributed by atoms with Gasteiger partial charge in [0.05, 0.1) is 30.3 Å². The Morgan fingerprint density at radius 3 is 2.69 bits per heavy atom. The summed E-state index contributed by atoms with van der Waals surface area (Å²) in [4.78, 5) is 47.8. The van der Waals surface area contributed by atoms with Crippen LogP contribution in [-0.2, 0) is 39.1 Å². The third kappa shape index (κ3) is 7.03. The number of aromatic nitrogens is 5. The lowest BCUT2D eigenvalue weighted by atomic mass is 10.1. The second kappa shape index (κ2) is 13.7. The molecule has 48 heavy (non-hydrogen) atoms. The Labute approximate surface area is 279 Å². The van der Waals surface area contributed by atoms with Crippen molar-refractivity contribution in [3.8, 4) is 0 Å². The van der Waals surface area contributed by atoms with E-state index in [1.54, 1.807) is 29.2 Å². The molecule has 2 aromatic heterocycles. The molecule has 17 nitrogen and oxygen atoms in total. The maximum absolute atomic E-state index is 14.0. The van der Waals surface area contributed by atoms with Gasteiger partial charge < -0.3 is 19.9 Å². The van der Waals surface area contributed by atoms with Crippen molar-refractivity contribution in [2.45, 2.75) is 36.9 Å². The maximum atomic E-state index is 14.0. The van der Waals surface area contributed by atoms with Crippen molar-refractivity contribution in [1.29, 1.82) is 5.41 Å². The van der Waals surface area contributed by atoms with Gasteiger partial charge in [0, 0.05) is 56.0 Å². The molecule has 252 valence electrons. The molecule has 6 rings (SSSR count). The van der Waals surface area contributed by atoms with Crippen LogP contribution in [0.25, 0.3) is 10.8 Å². The van der Waals surface area contributed by atoms with Gasteiger partial charge in [-0.15, -0.1) is 21.5 Å². The van der Waals surface area contributed by atoms with Crippen LogP contribution in [-0.4, -0.2) is 118 Å². The van der Waals surface area contributed by atoms with Crippen molar-refractivity contribution in [3.63, 3.8) is 0 Å². The van der Waals surface area contributed by atoms with E-state index in [2.05, 4.69) is 45.9 Å². The van der Waals surface area contributed by atoms with E-state index in [1.807, 2.05) is 7.05 Å². The Bertz CT molecular complexity index is 1980. The highest BCUT2D eigenvalue weighted by molar-refractivity contribution is 7.89. The summed E-state index contributed by atoms with van der Waals surface area (Å²) in [5.74, 6) is -0.623. The minimum absolute atomic E-state index is 0.0156. The summed E-state index contributed by atoms with van der Waals surface area (Å²) in [6.07, 6.45) is -0.191. The van der Waals surface area contributed by atoms with Gasteiger partial charge in [-0.25, -0.2) is 18.2 Å². The highest BCUT2D eigenvalue weighted by atomic mass is 32.2. The van der Waals surface area contributed by atoms with Gasteiger partial charge in [0.25, 0.3) is 5.91 Å². The first-order chi connectivity index (χ1) is 23.0. The van der Waals surface area contributed by atoms with E-state index in [1.165, 1.54) is 34.9 Å². The van der Waals surface area contributed by atoms with Crippen LogP contribution in [0, 0.1) is 5.41 Å². The van der Waals surface area contributed by atoms with Gasteiger partial charge in [-0.2, -0.15) is 9.52 Å². The smallest absolute Gasteiger partial charge is 0.412 e. The first-order valence-corrected chi connectivity index (χ1v) is 17.2. The van der Waals surface area contributed by atoms with Crippen LogP contribution in [0.15, 0.2) is 41.3 Å². The number of sulfonamides is 1. The van der Waals surface area contributed by atoms with Crippen LogP contribution in [0.2, 0.25) is 0 Å². The molecule has 2 aliphatic heterocycles. The van der Waals surface area contributed by atoms with Crippen LogP contribution in [0.3, 0.4) is 0 Å². The number of H-pyrrole nitrogens is 1. The number of ether oxygens (including phenoxy) is 1. The number of fused-ring (bicyclic) bond motifs is 2. The van der Waals surface area contributed by atoms with Gasteiger partial charge in [-0.1, -0.05) is 23.4 Å². The topological polar surface area (TPSA) is 220 Å². The second-order valence-electron chi connectivity index (χ2n) is 11.4. The van der Waals surface area contributed by atoms with Gasteiger partial charge in [0.15, 0.2) is 10.8 Å². The molecule has 1 saturated heterocycles. The number of piperazine rings is 1. The first-order valence-electron chi connectivity index (χ1n) is 15.0. The van der Waals surface area contributed by atoms with E-state index >= 15 is 0 Å². The first kappa shape index (κ1) is 33.1. The predicted molar refractivity (Wildman–Crippen MR) is 173 cm³/mol. The average molecular weight is 696 g/mol. The molecule has 4 heterocycles. The number of hydrogen-bond acceptors (Lipinski definition) is 13. The van der Waals surface area contributed by atoms with Crippen molar-refractivity contribution >= 4 is 55.9 Å². The number of rotatable bonds is 8. The van der Waals surface area contributed by atoms with Crippen LogP contribution in [0.5, 0.6) is 0 Å². The Balaban J connectivity index is 1.22. The van der Waals surface area contributed by atoms with Gasteiger partial charge in [-0.3, -0.25) is 20.3 Å². The fraction of sp³-hybridized carbons (Fsp3) is 0.379. The third-order valence-corrected chi connectivity index (χ3v) is 11.1. The van der Waals surface area contributed by atoms with Gasteiger partial charge in [0.2, 0.25) is 15.9 Å². The van der Waals surface area contributed by atoms with E-state index in [-0.39, 0.29) is 55.1 Å². The van der Waals surface area contributed by atoms with Crippen molar-refractivity contribution in [2.75, 3.05) is 40.3 Å². The third-order valence-electron chi connectivity index (χ3n) is 8.22. The number of benzene rings is 2. The maximum Gasteiger partial charge on any atom is 0.412 e. The summed E-state index contributed by atoms with van der Waals surface area (Å²) in [6.45, 7) is 1.55. The van der Waals surface area contributed by atoms with Gasteiger partial charge in [0.1, 0.15) is 5.84 Å². The molecular formula is C29H33N11O6S2. The Kier molecular flexibility index (Phi) is 9.45. The highest BCUT2D eigenvalue weighted by Crippen LogP contribution is 2.29. The molecule has 1 fully saturated rings. The number of aromatic amines is 1. The fourth-order valence-electron chi connectivity index (χ4n) is 5.66. The quantitative estimate of drug-likeness (QED) is 0.148. The summed E-state index contributed by atoms with van der Waals surface area (Å²) in [5.41, 5.74) is 1.31. The number of thiazole rings is 1. The molecule has 1 atom stereocenters. The van der Waals surface area contributed by atoms with Crippen molar-refractivity contribution in [1.82, 2.24) is 50.3 Å². The molecule has 0 bridgehead atoms. The second-order valence-corrected chi connectivity index (χ2v) is 14.4. The van der Waals surface area contributed by atoms with E-state index < -0.39 is 28.1 Å². The number of amides is 3. The Morgan fingerprint density at radius 2 is 1.92 bits per heavy atom. The monoisotopic (exact) mass is 695 g/mol. The number of carbonyl (C=O) groups is 3.